The number of amides is 1. The van der Waals surface area contributed by atoms with E-state index in [1.165, 1.54) is 22.7 Å². The van der Waals surface area contributed by atoms with Crippen LogP contribution in [0.25, 0.3) is 15.3 Å². The van der Waals surface area contributed by atoms with Crippen molar-refractivity contribution >= 4 is 65.2 Å². The second-order valence-electron chi connectivity index (χ2n) is 6.59. The molecule has 0 atom stereocenters. The van der Waals surface area contributed by atoms with Crippen molar-refractivity contribution in [3.8, 4) is 0 Å². The fraction of sp³-hybridized carbons (Fsp3) is 0.294. The first-order valence-corrected chi connectivity index (χ1v) is 12.8. The summed E-state index contributed by atoms with van der Waals surface area (Å²) < 4.78 is 29.8. The van der Waals surface area contributed by atoms with Crippen molar-refractivity contribution in [2.45, 2.75) is 23.1 Å². The first-order valence-electron chi connectivity index (χ1n) is 8.71. The maximum Gasteiger partial charge on any atom is 0.264 e. The van der Waals surface area contributed by atoms with Crippen LogP contribution in [-0.4, -0.2) is 47.7 Å². The lowest BCUT2D eigenvalue weighted by molar-refractivity contribution is 0.0716. The number of sulfonamides is 1. The number of imidazole rings is 1. The number of nitrogens with zero attached hydrogens (tertiary/aromatic N) is 3. The molecule has 146 valence electrons. The van der Waals surface area contributed by atoms with Crippen molar-refractivity contribution in [2.75, 3.05) is 13.1 Å². The van der Waals surface area contributed by atoms with E-state index in [1.54, 1.807) is 33.7 Å². The highest BCUT2D eigenvalue weighted by Gasteiger charge is 2.28. The van der Waals surface area contributed by atoms with Crippen molar-refractivity contribution < 1.29 is 13.2 Å². The van der Waals surface area contributed by atoms with Crippen LogP contribution in [0, 0.1) is 0 Å². The van der Waals surface area contributed by atoms with E-state index in [4.69, 9.17) is 0 Å². The van der Waals surface area contributed by atoms with Gasteiger partial charge in [0.05, 0.1) is 10.4 Å². The van der Waals surface area contributed by atoms with Crippen LogP contribution in [0.1, 0.15) is 22.5 Å². The van der Waals surface area contributed by atoms with E-state index in [0.29, 0.717) is 35.0 Å². The zero-order valence-corrected chi connectivity index (χ0v) is 17.8. The van der Waals surface area contributed by atoms with Gasteiger partial charge in [0, 0.05) is 30.7 Å². The summed E-state index contributed by atoms with van der Waals surface area (Å²) in [5, 5.41) is 3.72. The summed E-state index contributed by atoms with van der Waals surface area (Å²) in [5.74, 6) is -0.00783. The number of thiazole rings is 1. The summed E-state index contributed by atoms with van der Waals surface area (Å²) in [6.07, 6.45) is 3.17. The Morgan fingerprint density at radius 1 is 1.21 bits per heavy atom. The molecule has 1 amide bonds. The predicted octanol–water partition coefficient (Wildman–Crippen LogP) is 3.26. The van der Waals surface area contributed by atoms with Crippen LogP contribution in [0.5, 0.6) is 0 Å². The Kier molecular flexibility index (Phi) is 4.51. The molecule has 5 rings (SSSR count). The summed E-state index contributed by atoms with van der Waals surface area (Å²) in [6, 6.07) is 5.08. The van der Waals surface area contributed by atoms with Crippen molar-refractivity contribution in [1.82, 2.24) is 19.0 Å². The van der Waals surface area contributed by atoms with Crippen LogP contribution in [0.2, 0.25) is 0 Å². The van der Waals surface area contributed by atoms with Crippen LogP contribution in [0.15, 0.2) is 39.4 Å². The molecule has 4 aromatic heterocycles. The standard InChI is InChI=1S/C17H16N4O3S4/c22-16(13-10-12-15(27-13)18-17-21(12)7-9-26-17)20-5-3-11(4-6-20)19-28(23,24)14-2-1-8-25-14/h1-2,7-11,19H,3-6H2. The number of piperidine rings is 1. The molecule has 0 saturated carbocycles. The van der Waals surface area contributed by atoms with E-state index < -0.39 is 10.0 Å². The lowest BCUT2D eigenvalue weighted by Crippen LogP contribution is -2.46. The van der Waals surface area contributed by atoms with Gasteiger partial charge >= 0.3 is 0 Å². The maximum atomic E-state index is 12.9. The van der Waals surface area contributed by atoms with Crippen LogP contribution in [0.3, 0.4) is 0 Å². The second kappa shape index (κ2) is 6.92. The Labute approximate surface area is 173 Å². The number of carbonyl (C=O) groups is 1. The molecule has 1 saturated heterocycles. The van der Waals surface area contributed by atoms with Gasteiger partial charge in [-0.25, -0.2) is 18.1 Å². The molecule has 28 heavy (non-hydrogen) atoms. The zero-order chi connectivity index (χ0) is 19.3. The average molecular weight is 453 g/mol. The van der Waals surface area contributed by atoms with E-state index in [0.717, 1.165) is 15.3 Å². The van der Waals surface area contributed by atoms with Gasteiger partial charge in [-0.3, -0.25) is 9.20 Å². The summed E-state index contributed by atoms with van der Waals surface area (Å²) in [4.78, 5) is 21.7. The third kappa shape index (κ3) is 3.16. The Hall–Kier alpha value is -1.79. The largest absolute Gasteiger partial charge is 0.338 e. The van der Waals surface area contributed by atoms with Gasteiger partial charge in [-0.05, 0) is 30.4 Å². The van der Waals surface area contributed by atoms with Crippen LogP contribution >= 0.6 is 34.0 Å². The highest BCUT2D eigenvalue weighted by molar-refractivity contribution is 7.91. The van der Waals surface area contributed by atoms with Crippen LogP contribution < -0.4 is 4.72 Å². The molecule has 11 heteroatoms. The fourth-order valence-electron chi connectivity index (χ4n) is 3.40. The normalized spacial score (nSPS) is 16.4. The number of nitrogens with one attached hydrogen (secondary N) is 1. The Bertz CT molecular complexity index is 1240. The highest BCUT2D eigenvalue weighted by Crippen LogP contribution is 2.29. The molecule has 1 N–H and O–H groups in total. The summed E-state index contributed by atoms with van der Waals surface area (Å²) in [5.41, 5.74) is 0.961. The molecule has 0 bridgehead atoms. The third-order valence-electron chi connectivity index (χ3n) is 4.81. The molecule has 0 unspecified atom stereocenters. The molecular formula is C17H16N4O3S4. The first kappa shape index (κ1) is 18.3. The van der Waals surface area contributed by atoms with Crippen molar-refractivity contribution in [1.29, 1.82) is 0 Å². The number of aromatic nitrogens is 2. The maximum absolute atomic E-state index is 12.9. The SMILES string of the molecule is O=C(c1cc2c(nc3sccn32)s1)N1CCC(NS(=O)(=O)c2cccs2)CC1. The minimum Gasteiger partial charge on any atom is -0.338 e. The van der Waals surface area contributed by atoms with E-state index in [1.807, 2.05) is 22.0 Å². The average Bonchev–Trinajstić information content (AvgIpc) is 3.43. The monoisotopic (exact) mass is 452 g/mol. The number of fused-ring (bicyclic) bond motifs is 3. The van der Waals surface area contributed by atoms with Crippen molar-refractivity contribution in [3.63, 3.8) is 0 Å². The first-order chi connectivity index (χ1) is 13.5. The minimum atomic E-state index is -3.47. The number of thiophene rings is 2. The van der Waals surface area contributed by atoms with Gasteiger partial charge in [-0.15, -0.1) is 34.0 Å². The Morgan fingerprint density at radius 3 is 2.79 bits per heavy atom. The second-order valence-corrected chi connectivity index (χ2v) is 11.4. The van der Waals surface area contributed by atoms with E-state index in [9.17, 15) is 13.2 Å². The molecule has 0 spiro atoms. The smallest absolute Gasteiger partial charge is 0.264 e. The lowest BCUT2D eigenvalue weighted by atomic mass is 10.1. The summed E-state index contributed by atoms with van der Waals surface area (Å²) in [7, 11) is -3.47. The van der Waals surface area contributed by atoms with Gasteiger partial charge in [0.15, 0.2) is 4.96 Å². The number of hydrogen-bond donors (Lipinski definition) is 1. The molecule has 1 fully saturated rings. The number of hydrogen-bond acceptors (Lipinski definition) is 7. The molecule has 1 aliphatic rings. The van der Waals surface area contributed by atoms with Crippen LogP contribution in [-0.2, 0) is 10.0 Å². The van der Waals surface area contributed by atoms with Gasteiger partial charge in [0.25, 0.3) is 5.91 Å². The number of carbonyl (C=O) groups excluding carboxylic acids is 1. The Balaban J connectivity index is 1.26. The van der Waals surface area contributed by atoms with Crippen molar-refractivity contribution in [2.24, 2.45) is 0 Å². The molecule has 5 heterocycles. The topological polar surface area (TPSA) is 83.8 Å². The predicted molar refractivity (Wildman–Crippen MR) is 112 cm³/mol. The molecule has 7 nitrogen and oxygen atoms in total. The quantitative estimate of drug-likeness (QED) is 0.515. The number of likely N-dealkylation sites (tertiary alicyclic amines) is 1. The Morgan fingerprint density at radius 2 is 2.04 bits per heavy atom. The zero-order valence-electron chi connectivity index (χ0n) is 14.6. The van der Waals surface area contributed by atoms with Gasteiger partial charge in [0.2, 0.25) is 10.0 Å². The molecule has 1 aliphatic heterocycles. The number of rotatable bonds is 4. The lowest BCUT2D eigenvalue weighted by Gasteiger charge is -2.31. The molecule has 0 radical (unpaired) electrons. The van der Waals surface area contributed by atoms with E-state index in [2.05, 4.69) is 9.71 Å². The van der Waals surface area contributed by atoms with Crippen molar-refractivity contribution in [3.05, 3.63) is 40.0 Å². The molecular weight excluding hydrogens is 436 g/mol. The van der Waals surface area contributed by atoms with Gasteiger partial charge < -0.3 is 4.90 Å². The van der Waals surface area contributed by atoms with E-state index >= 15 is 0 Å². The molecule has 0 aliphatic carbocycles. The summed E-state index contributed by atoms with van der Waals surface area (Å²) in [6.45, 7) is 1.07. The summed E-state index contributed by atoms with van der Waals surface area (Å²) >= 11 is 4.19. The van der Waals surface area contributed by atoms with Crippen LogP contribution in [0.4, 0.5) is 0 Å². The fourth-order valence-corrected chi connectivity index (χ4v) is 7.49. The van der Waals surface area contributed by atoms with Gasteiger partial charge in [0.1, 0.15) is 9.04 Å². The molecule has 0 aromatic carbocycles. The van der Waals surface area contributed by atoms with Gasteiger partial charge in [-0.2, -0.15) is 0 Å². The van der Waals surface area contributed by atoms with Gasteiger partial charge in [-0.1, -0.05) is 6.07 Å². The third-order valence-corrected chi connectivity index (χ3v) is 9.50. The highest BCUT2D eigenvalue weighted by atomic mass is 32.2. The minimum absolute atomic E-state index is 0.00783. The van der Waals surface area contributed by atoms with E-state index in [-0.39, 0.29) is 11.9 Å². The molecule has 4 aromatic rings.